The van der Waals surface area contributed by atoms with Crippen LogP contribution in [0.2, 0.25) is 5.02 Å². The zero-order valence-electron chi connectivity index (χ0n) is 19.7. The Hall–Kier alpha value is -4.05. The number of nitrogens with zero attached hydrogens (tertiary/aromatic N) is 2. The second kappa shape index (κ2) is 10.4. The Kier molecular flexibility index (Phi) is 6.98. The van der Waals surface area contributed by atoms with Crippen molar-refractivity contribution < 1.29 is 13.3 Å². The summed E-state index contributed by atoms with van der Waals surface area (Å²) in [4.78, 5) is 14.8. The summed E-state index contributed by atoms with van der Waals surface area (Å²) in [6.45, 7) is 0. The summed E-state index contributed by atoms with van der Waals surface area (Å²) < 4.78 is 26.6. The van der Waals surface area contributed by atoms with E-state index in [9.17, 15) is 18.5 Å². The van der Waals surface area contributed by atoms with Crippen LogP contribution in [-0.4, -0.2) is 18.3 Å². The normalized spacial score (nSPS) is 11.7. The predicted octanol–water partition coefficient (Wildman–Crippen LogP) is 6.94. The summed E-state index contributed by atoms with van der Waals surface area (Å²) in [5.41, 5.74) is 1.36. The standard InChI is InChI=1S/C28H20ClN3O4S2/c29-25-14-8-7-13-24(25)28(20-9-3-1-4-10-20,21-11-5-2-6-12-21)31-27-30-19-26(37-27)38(35,36)23-17-15-22(16-18-23)32(33)34/h1-19H,(H,30,31). The van der Waals surface area contributed by atoms with Gasteiger partial charge in [0.05, 0.1) is 16.0 Å². The van der Waals surface area contributed by atoms with Gasteiger partial charge in [-0.05, 0) is 29.3 Å². The van der Waals surface area contributed by atoms with Gasteiger partial charge in [-0.1, -0.05) is 102 Å². The molecule has 0 saturated heterocycles. The Morgan fingerprint density at radius 1 is 0.816 bits per heavy atom. The number of thiazole rings is 1. The van der Waals surface area contributed by atoms with Gasteiger partial charge in [0.2, 0.25) is 9.84 Å². The number of rotatable bonds is 8. The molecule has 0 aliphatic heterocycles. The first-order valence-electron chi connectivity index (χ1n) is 11.4. The summed E-state index contributed by atoms with van der Waals surface area (Å²) in [5.74, 6) is 0. The molecule has 5 rings (SSSR count). The quantitative estimate of drug-likeness (QED) is 0.125. The highest BCUT2D eigenvalue weighted by atomic mass is 35.5. The van der Waals surface area contributed by atoms with Gasteiger partial charge in [-0.2, -0.15) is 0 Å². The van der Waals surface area contributed by atoms with Crippen molar-refractivity contribution in [3.8, 4) is 0 Å². The van der Waals surface area contributed by atoms with Gasteiger partial charge >= 0.3 is 0 Å². The minimum atomic E-state index is -3.95. The van der Waals surface area contributed by atoms with E-state index in [0.717, 1.165) is 28.0 Å². The third-order valence-corrected chi connectivity index (χ3v) is 9.57. The van der Waals surface area contributed by atoms with E-state index in [-0.39, 0.29) is 14.8 Å². The molecule has 0 spiro atoms. The van der Waals surface area contributed by atoms with Gasteiger partial charge in [-0.15, -0.1) is 0 Å². The highest BCUT2D eigenvalue weighted by molar-refractivity contribution is 7.93. The van der Waals surface area contributed by atoms with Gasteiger partial charge in [0.1, 0.15) is 9.75 Å². The number of nitro benzene ring substituents is 1. The zero-order valence-corrected chi connectivity index (χ0v) is 22.1. The van der Waals surface area contributed by atoms with Gasteiger partial charge in [-0.3, -0.25) is 10.1 Å². The predicted molar refractivity (Wildman–Crippen MR) is 149 cm³/mol. The molecule has 0 unspecified atom stereocenters. The molecule has 1 heterocycles. The second-order valence-electron chi connectivity index (χ2n) is 8.33. The number of hydrogen-bond donors (Lipinski definition) is 1. The van der Waals surface area contributed by atoms with Crippen LogP contribution in [0, 0.1) is 10.1 Å². The molecule has 0 radical (unpaired) electrons. The number of aromatic nitrogens is 1. The lowest BCUT2D eigenvalue weighted by atomic mass is 9.77. The average Bonchev–Trinajstić information content (AvgIpc) is 3.43. The monoisotopic (exact) mass is 561 g/mol. The summed E-state index contributed by atoms with van der Waals surface area (Å²) >= 11 is 7.74. The van der Waals surface area contributed by atoms with Gasteiger partial charge in [0, 0.05) is 22.7 Å². The largest absolute Gasteiger partial charge is 0.344 e. The van der Waals surface area contributed by atoms with Gasteiger partial charge < -0.3 is 5.32 Å². The third kappa shape index (κ3) is 4.67. The molecular formula is C28H20ClN3O4S2. The van der Waals surface area contributed by atoms with E-state index in [1.165, 1.54) is 30.5 Å². The van der Waals surface area contributed by atoms with E-state index in [4.69, 9.17) is 11.6 Å². The molecule has 0 aliphatic carbocycles. The van der Waals surface area contributed by atoms with E-state index in [0.29, 0.717) is 10.2 Å². The first-order valence-corrected chi connectivity index (χ1v) is 14.1. The lowest BCUT2D eigenvalue weighted by Crippen LogP contribution is -2.38. The van der Waals surface area contributed by atoms with Gasteiger partial charge in [-0.25, -0.2) is 13.4 Å². The van der Waals surface area contributed by atoms with Crippen LogP contribution in [0.4, 0.5) is 10.8 Å². The Balaban J connectivity index is 1.64. The smallest absolute Gasteiger partial charge is 0.269 e. The first-order chi connectivity index (χ1) is 18.3. The minimum absolute atomic E-state index is 0.00281. The summed E-state index contributed by atoms with van der Waals surface area (Å²) in [6, 6.07) is 31.7. The molecule has 5 aromatic rings. The Morgan fingerprint density at radius 3 is 1.92 bits per heavy atom. The van der Waals surface area contributed by atoms with Crippen molar-refractivity contribution in [1.82, 2.24) is 4.98 Å². The SMILES string of the molecule is O=[N+]([O-])c1ccc(S(=O)(=O)c2cnc(NC(c3ccccc3)(c3ccccc3)c3ccccc3Cl)s2)cc1. The fourth-order valence-corrected chi connectivity index (χ4v) is 7.06. The zero-order chi connectivity index (χ0) is 26.8. The fourth-order valence-electron chi connectivity index (χ4n) is 4.30. The number of sulfone groups is 1. The van der Waals surface area contributed by atoms with E-state index < -0.39 is 20.3 Å². The number of non-ortho nitro benzene ring substituents is 1. The van der Waals surface area contributed by atoms with Crippen molar-refractivity contribution in [2.24, 2.45) is 0 Å². The molecule has 10 heteroatoms. The Labute approximate surface area is 228 Å². The van der Waals surface area contributed by atoms with E-state index in [2.05, 4.69) is 10.3 Å². The van der Waals surface area contributed by atoms with Crippen LogP contribution in [0.15, 0.2) is 124 Å². The first kappa shape index (κ1) is 25.6. The van der Waals surface area contributed by atoms with Crippen LogP contribution in [0.5, 0.6) is 0 Å². The maximum absolute atomic E-state index is 13.3. The van der Waals surface area contributed by atoms with Gasteiger partial charge in [0.25, 0.3) is 5.69 Å². The number of halogens is 1. The van der Waals surface area contributed by atoms with Crippen molar-refractivity contribution in [1.29, 1.82) is 0 Å². The van der Waals surface area contributed by atoms with Crippen LogP contribution < -0.4 is 5.32 Å². The van der Waals surface area contributed by atoms with Crippen molar-refractivity contribution >= 4 is 43.6 Å². The van der Waals surface area contributed by atoms with Crippen molar-refractivity contribution in [3.05, 3.63) is 147 Å². The molecule has 0 amide bonds. The van der Waals surface area contributed by atoms with Crippen LogP contribution >= 0.6 is 22.9 Å². The molecule has 7 nitrogen and oxygen atoms in total. The molecule has 0 fully saturated rings. The van der Waals surface area contributed by atoms with Gasteiger partial charge in [0.15, 0.2) is 5.13 Å². The van der Waals surface area contributed by atoms with Crippen LogP contribution in [0.3, 0.4) is 0 Å². The van der Waals surface area contributed by atoms with E-state index in [1.54, 1.807) is 0 Å². The van der Waals surface area contributed by atoms with Crippen LogP contribution in [-0.2, 0) is 15.4 Å². The number of benzene rings is 4. The molecule has 1 N–H and O–H groups in total. The molecule has 38 heavy (non-hydrogen) atoms. The number of nitrogens with one attached hydrogen (secondary N) is 1. The molecule has 0 bridgehead atoms. The van der Waals surface area contributed by atoms with E-state index >= 15 is 0 Å². The summed E-state index contributed by atoms with van der Waals surface area (Å²) in [5, 5.41) is 15.4. The highest BCUT2D eigenvalue weighted by Crippen LogP contribution is 2.44. The topological polar surface area (TPSA) is 102 Å². The number of hydrogen-bond acceptors (Lipinski definition) is 7. The molecule has 4 aromatic carbocycles. The van der Waals surface area contributed by atoms with Crippen LogP contribution in [0.25, 0.3) is 0 Å². The number of anilines is 1. The summed E-state index contributed by atoms with van der Waals surface area (Å²) in [6.07, 6.45) is 1.29. The maximum atomic E-state index is 13.3. The Morgan fingerprint density at radius 2 is 1.37 bits per heavy atom. The van der Waals surface area contributed by atoms with Crippen molar-refractivity contribution in [3.63, 3.8) is 0 Å². The molecule has 0 saturated carbocycles. The molecule has 0 aliphatic rings. The lowest BCUT2D eigenvalue weighted by Gasteiger charge is -2.37. The van der Waals surface area contributed by atoms with Crippen LogP contribution in [0.1, 0.15) is 16.7 Å². The molecular weight excluding hydrogens is 542 g/mol. The summed E-state index contributed by atoms with van der Waals surface area (Å²) in [7, 11) is -3.95. The number of nitro groups is 1. The average molecular weight is 562 g/mol. The van der Waals surface area contributed by atoms with Crippen molar-refractivity contribution in [2.75, 3.05) is 5.32 Å². The maximum Gasteiger partial charge on any atom is 0.269 e. The molecule has 0 atom stereocenters. The minimum Gasteiger partial charge on any atom is -0.344 e. The van der Waals surface area contributed by atoms with Crippen molar-refractivity contribution in [2.45, 2.75) is 14.6 Å². The Bertz CT molecular complexity index is 1650. The third-order valence-electron chi connectivity index (χ3n) is 6.09. The fraction of sp³-hybridized carbons (Fsp3) is 0.0357. The second-order valence-corrected chi connectivity index (χ2v) is 11.9. The molecule has 1 aromatic heterocycles. The lowest BCUT2D eigenvalue weighted by molar-refractivity contribution is -0.384. The van der Waals surface area contributed by atoms with E-state index in [1.807, 2.05) is 84.9 Å². The molecule has 190 valence electrons. The highest BCUT2D eigenvalue weighted by Gasteiger charge is 2.39.